The second-order valence-electron chi connectivity index (χ2n) is 6.16. The predicted octanol–water partition coefficient (Wildman–Crippen LogP) is 2.25. The van der Waals surface area contributed by atoms with Gasteiger partial charge in [-0.05, 0) is 31.2 Å². The fourth-order valence-electron chi connectivity index (χ4n) is 2.87. The quantitative estimate of drug-likeness (QED) is 0.647. The molecule has 0 bridgehead atoms. The van der Waals surface area contributed by atoms with Gasteiger partial charge in [0.15, 0.2) is 0 Å². The van der Waals surface area contributed by atoms with E-state index < -0.39 is 0 Å². The van der Waals surface area contributed by atoms with E-state index in [2.05, 4.69) is 44.6 Å². The summed E-state index contributed by atoms with van der Waals surface area (Å²) in [5.74, 6) is 1.38. The third-order valence-corrected chi connectivity index (χ3v) is 4.29. The number of piperazine rings is 1. The zero-order chi connectivity index (χ0) is 17.5. The van der Waals surface area contributed by atoms with E-state index in [1.54, 1.807) is 0 Å². The van der Waals surface area contributed by atoms with E-state index in [-0.39, 0.29) is 5.91 Å². The van der Waals surface area contributed by atoms with Crippen LogP contribution in [-0.4, -0.2) is 49.7 Å². The van der Waals surface area contributed by atoms with Crippen LogP contribution in [0.2, 0.25) is 0 Å². The summed E-state index contributed by atoms with van der Waals surface area (Å²) in [5, 5.41) is 3.93. The van der Waals surface area contributed by atoms with Gasteiger partial charge in [0.05, 0.1) is 6.21 Å². The molecule has 1 aromatic carbocycles. The number of nitrogens with one attached hydrogen (secondary N) is 1. The lowest BCUT2D eigenvalue weighted by atomic mass is 10.2. The van der Waals surface area contributed by atoms with Crippen molar-refractivity contribution in [2.75, 3.05) is 37.6 Å². The molecule has 0 unspecified atom stereocenters. The van der Waals surface area contributed by atoms with Crippen molar-refractivity contribution >= 4 is 17.8 Å². The van der Waals surface area contributed by atoms with Crippen LogP contribution in [0.15, 0.2) is 52.0 Å². The Morgan fingerprint density at radius 2 is 1.92 bits per heavy atom. The van der Waals surface area contributed by atoms with Crippen molar-refractivity contribution in [2.24, 2.45) is 5.10 Å². The third-order valence-electron chi connectivity index (χ3n) is 4.29. The molecule has 6 nitrogen and oxygen atoms in total. The van der Waals surface area contributed by atoms with Gasteiger partial charge in [0, 0.05) is 44.8 Å². The van der Waals surface area contributed by atoms with Gasteiger partial charge < -0.3 is 9.32 Å². The van der Waals surface area contributed by atoms with Crippen LogP contribution in [0, 0.1) is 6.92 Å². The van der Waals surface area contributed by atoms with Gasteiger partial charge in [0.1, 0.15) is 11.5 Å². The smallest absolute Gasteiger partial charge is 0.241 e. The minimum atomic E-state index is -0.0787. The summed E-state index contributed by atoms with van der Waals surface area (Å²) in [7, 11) is 0. The topological polar surface area (TPSA) is 61.1 Å². The molecule has 2 heterocycles. The molecule has 2 aromatic rings. The molecule has 0 atom stereocenters. The predicted molar refractivity (Wildman–Crippen MR) is 98.9 cm³/mol. The van der Waals surface area contributed by atoms with E-state index >= 15 is 0 Å². The summed E-state index contributed by atoms with van der Waals surface area (Å²) in [6, 6.07) is 14.1. The largest absolute Gasteiger partial charge is 0.460 e. The molecule has 1 N–H and O–H groups in total. The summed E-state index contributed by atoms with van der Waals surface area (Å²) < 4.78 is 5.35. The molecule has 1 saturated heterocycles. The lowest BCUT2D eigenvalue weighted by molar-refractivity contribution is -0.121. The Labute approximate surface area is 148 Å². The van der Waals surface area contributed by atoms with Crippen molar-refractivity contribution in [3.05, 3.63) is 54.0 Å². The fraction of sp³-hybridized carbons (Fsp3) is 0.368. The Morgan fingerprint density at radius 3 is 2.60 bits per heavy atom. The Hall–Kier alpha value is -2.60. The van der Waals surface area contributed by atoms with Crippen LogP contribution in [-0.2, 0) is 4.79 Å². The van der Waals surface area contributed by atoms with Gasteiger partial charge in [-0.15, -0.1) is 0 Å². The maximum atomic E-state index is 11.9. The molecular weight excluding hydrogens is 316 g/mol. The second kappa shape index (κ2) is 8.48. The number of anilines is 1. The number of amides is 1. The van der Waals surface area contributed by atoms with Crippen molar-refractivity contribution in [3.8, 4) is 0 Å². The van der Waals surface area contributed by atoms with Crippen LogP contribution in [0.1, 0.15) is 17.9 Å². The number of hydrazone groups is 1. The molecule has 132 valence electrons. The number of aryl methyl sites for hydroxylation is 1. The SMILES string of the molecule is Cc1ccc(/C=N\NC(=O)CCN2CCN(c3ccccc3)CC2)o1. The van der Waals surface area contributed by atoms with Crippen LogP contribution < -0.4 is 10.3 Å². The molecule has 1 aliphatic rings. The number of nitrogens with zero attached hydrogens (tertiary/aromatic N) is 3. The van der Waals surface area contributed by atoms with E-state index in [1.165, 1.54) is 11.9 Å². The molecule has 1 fully saturated rings. The first-order valence-corrected chi connectivity index (χ1v) is 8.61. The fourth-order valence-corrected chi connectivity index (χ4v) is 2.87. The van der Waals surface area contributed by atoms with Gasteiger partial charge in [0.2, 0.25) is 5.91 Å². The Bertz CT molecular complexity index is 703. The normalized spacial score (nSPS) is 15.6. The van der Waals surface area contributed by atoms with Gasteiger partial charge in [0.25, 0.3) is 0 Å². The van der Waals surface area contributed by atoms with Gasteiger partial charge in [-0.3, -0.25) is 9.69 Å². The molecule has 0 radical (unpaired) electrons. The first kappa shape index (κ1) is 17.2. The maximum absolute atomic E-state index is 11.9. The average Bonchev–Trinajstić information content (AvgIpc) is 3.06. The number of benzene rings is 1. The highest BCUT2D eigenvalue weighted by Crippen LogP contribution is 2.15. The minimum Gasteiger partial charge on any atom is -0.460 e. The van der Waals surface area contributed by atoms with Crippen molar-refractivity contribution in [1.29, 1.82) is 0 Å². The van der Waals surface area contributed by atoms with Crippen molar-refractivity contribution in [2.45, 2.75) is 13.3 Å². The van der Waals surface area contributed by atoms with Crippen LogP contribution in [0.5, 0.6) is 0 Å². The highest BCUT2D eigenvalue weighted by atomic mass is 16.3. The Balaban J connectivity index is 1.35. The Morgan fingerprint density at radius 1 is 1.16 bits per heavy atom. The van der Waals surface area contributed by atoms with Crippen molar-refractivity contribution < 1.29 is 9.21 Å². The van der Waals surface area contributed by atoms with Crippen molar-refractivity contribution in [1.82, 2.24) is 10.3 Å². The molecular formula is C19H24N4O2. The number of hydrogen-bond donors (Lipinski definition) is 1. The molecule has 1 amide bonds. The summed E-state index contributed by atoms with van der Waals surface area (Å²) in [6.07, 6.45) is 1.96. The Kier molecular flexibility index (Phi) is 5.85. The van der Waals surface area contributed by atoms with E-state index in [4.69, 9.17) is 4.42 Å². The number of para-hydroxylation sites is 1. The molecule has 6 heteroatoms. The van der Waals surface area contributed by atoms with Crippen LogP contribution >= 0.6 is 0 Å². The summed E-state index contributed by atoms with van der Waals surface area (Å²) >= 11 is 0. The van der Waals surface area contributed by atoms with Gasteiger partial charge in [-0.2, -0.15) is 5.10 Å². The molecule has 0 saturated carbocycles. The number of rotatable bonds is 6. The van der Waals surface area contributed by atoms with E-state index in [1.807, 2.05) is 25.1 Å². The minimum absolute atomic E-state index is 0.0787. The lowest BCUT2D eigenvalue weighted by Crippen LogP contribution is -2.47. The molecule has 0 spiro atoms. The van der Waals surface area contributed by atoms with Gasteiger partial charge in [-0.1, -0.05) is 18.2 Å². The van der Waals surface area contributed by atoms with Crippen LogP contribution in [0.4, 0.5) is 5.69 Å². The second-order valence-corrected chi connectivity index (χ2v) is 6.16. The standard InChI is InChI=1S/C19H24N4O2/c1-16-7-8-18(25-16)15-20-21-19(24)9-10-22-11-13-23(14-12-22)17-5-3-2-4-6-17/h2-8,15H,9-14H2,1H3,(H,21,24)/b20-15-. The highest BCUT2D eigenvalue weighted by molar-refractivity contribution is 5.80. The van der Waals surface area contributed by atoms with Crippen molar-refractivity contribution in [3.63, 3.8) is 0 Å². The summed E-state index contributed by atoms with van der Waals surface area (Å²) in [4.78, 5) is 16.6. The highest BCUT2D eigenvalue weighted by Gasteiger charge is 2.17. The van der Waals surface area contributed by atoms with Crippen LogP contribution in [0.3, 0.4) is 0 Å². The third kappa shape index (κ3) is 5.19. The van der Waals surface area contributed by atoms with E-state index in [0.717, 1.165) is 38.5 Å². The maximum Gasteiger partial charge on any atom is 0.241 e. The molecule has 25 heavy (non-hydrogen) atoms. The average molecular weight is 340 g/mol. The summed E-state index contributed by atoms with van der Waals surface area (Å²) in [6.45, 7) is 6.54. The van der Waals surface area contributed by atoms with E-state index in [9.17, 15) is 4.79 Å². The lowest BCUT2D eigenvalue weighted by Gasteiger charge is -2.36. The summed E-state index contributed by atoms with van der Waals surface area (Å²) in [5.41, 5.74) is 3.81. The number of carbonyl (C=O) groups is 1. The first-order valence-electron chi connectivity index (χ1n) is 8.61. The first-order chi connectivity index (χ1) is 12.2. The zero-order valence-corrected chi connectivity index (χ0v) is 14.5. The molecule has 1 aromatic heterocycles. The van der Waals surface area contributed by atoms with Gasteiger partial charge in [-0.25, -0.2) is 5.43 Å². The number of hydrogen-bond acceptors (Lipinski definition) is 5. The zero-order valence-electron chi connectivity index (χ0n) is 14.5. The molecule has 0 aliphatic carbocycles. The van der Waals surface area contributed by atoms with Crippen LogP contribution in [0.25, 0.3) is 0 Å². The molecule has 1 aliphatic heterocycles. The molecule has 3 rings (SSSR count). The number of carbonyl (C=O) groups excluding carboxylic acids is 1. The monoisotopic (exact) mass is 340 g/mol. The van der Waals surface area contributed by atoms with Gasteiger partial charge >= 0.3 is 0 Å². The van der Waals surface area contributed by atoms with E-state index in [0.29, 0.717) is 12.2 Å². The number of furan rings is 1.